The molecule has 0 aliphatic carbocycles. The topological polar surface area (TPSA) is 98.1 Å². The van der Waals surface area contributed by atoms with Crippen LogP contribution in [0.15, 0.2) is 58.2 Å². The van der Waals surface area contributed by atoms with Crippen LogP contribution in [0, 0.1) is 5.92 Å². The van der Waals surface area contributed by atoms with Gasteiger partial charge >= 0.3 is 0 Å². The molecular weight excluding hydrogens is 402 g/mol. The number of aromatic nitrogens is 2. The van der Waals surface area contributed by atoms with Crippen LogP contribution in [0.4, 0.5) is 0 Å². The Labute approximate surface area is 175 Å². The number of hydrogen-bond donors (Lipinski definition) is 1. The third-order valence-electron chi connectivity index (χ3n) is 4.78. The van der Waals surface area contributed by atoms with Gasteiger partial charge in [-0.3, -0.25) is 9.59 Å². The van der Waals surface area contributed by atoms with E-state index in [0.717, 1.165) is 11.8 Å². The summed E-state index contributed by atoms with van der Waals surface area (Å²) >= 11 is 0. The van der Waals surface area contributed by atoms with E-state index in [1.165, 1.54) is 16.8 Å². The minimum atomic E-state index is -3.28. The van der Waals surface area contributed by atoms with E-state index in [4.69, 9.17) is 0 Å². The monoisotopic (exact) mass is 427 g/mol. The SMILES string of the molecule is CC(C)Cn1nc(C(=O)NC(C)c2ccc(S(C)(=O)=O)cc2)c2ccccc2c1=O. The zero-order chi connectivity index (χ0) is 22.1. The molecule has 30 heavy (non-hydrogen) atoms. The Morgan fingerprint density at radius 1 is 1.03 bits per heavy atom. The minimum Gasteiger partial charge on any atom is -0.344 e. The van der Waals surface area contributed by atoms with E-state index in [1.54, 1.807) is 43.3 Å². The molecule has 158 valence electrons. The molecule has 3 aromatic rings. The number of carbonyl (C=O) groups is 1. The molecule has 1 amide bonds. The maximum atomic E-state index is 13.0. The van der Waals surface area contributed by atoms with Crippen molar-refractivity contribution in [3.8, 4) is 0 Å². The first-order chi connectivity index (χ1) is 14.1. The van der Waals surface area contributed by atoms with Crippen LogP contribution < -0.4 is 10.9 Å². The second-order valence-electron chi connectivity index (χ2n) is 7.81. The zero-order valence-corrected chi connectivity index (χ0v) is 18.2. The molecule has 0 saturated heterocycles. The van der Waals surface area contributed by atoms with Crippen LogP contribution in [0.5, 0.6) is 0 Å². The molecule has 2 aromatic carbocycles. The fourth-order valence-electron chi connectivity index (χ4n) is 3.22. The lowest BCUT2D eigenvalue weighted by Gasteiger charge is -2.16. The standard InChI is InChI=1S/C22H25N3O4S/c1-14(2)13-25-22(27)19-8-6-5-7-18(19)20(24-25)21(26)23-15(3)16-9-11-17(12-10-16)30(4,28)29/h5-12,14-15H,13H2,1-4H3,(H,23,26). The maximum Gasteiger partial charge on any atom is 0.274 e. The van der Waals surface area contributed by atoms with E-state index in [1.807, 2.05) is 13.8 Å². The first kappa shape index (κ1) is 21.7. The van der Waals surface area contributed by atoms with Crippen LogP contribution in [-0.4, -0.2) is 30.4 Å². The largest absolute Gasteiger partial charge is 0.344 e. The molecule has 1 unspecified atom stereocenters. The average Bonchev–Trinajstić information content (AvgIpc) is 2.69. The highest BCUT2D eigenvalue weighted by Crippen LogP contribution is 2.18. The van der Waals surface area contributed by atoms with E-state index < -0.39 is 15.7 Å². The van der Waals surface area contributed by atoms with Crippen LogP contribution in [0.2, 0.25) is 0 Å². The van der Waals surface area contributed by atoms with E-state index in [9.17, 15) is 18.0 Å². The molecule has 0 aliphatic heterocycles. The van der Waals surface area contributed by atoms with Crippen molar-refractivity contribution in [2.24, 2.45) is 5.92 Å². The van der Waals surface area contributed by atoms with Crippen molar-refractivity contribution in [2.75, 3.05) is 6.26 Å². The third kappa shape index (κ3) is 4.59. The number of hydrogen-bond acceptors (Lipinski definition) is 5. The average molecular weight is 428 g/mol. The number of sulfone groups is 1. The summed E-state index contributed by atoms with van der Waals surface area (Å²) in [5.41, 5.74) is 0.723. The molecule has 0 fully saturated rings. The summed E-state index contributed by atoms with van der Waals surface area (Å²) in [6.07, 6.45) is 1.15. The van der Waals surface area contributed by atoms with Crippen molar-refractivity contribution >= 4 is 26.5 Å². The molecule has 3 rings (SSSR count). The molecule has 7 nitrogen and oxygen atoms in total. The van der Waals surface area contributed by atoms with Crippen molar-refractivity contribution < 1.29 is 13.2 Å². The van der Waals surface area contributed by atoms with Gasteiger partial charge in [0.05, 0.1) is 16.3 Å². The summed E-state index contributed by atoms with van der Waals surface area (Å²) in [6, 6.07) is 12.9. The lowest BCUT2D eigenvalue weighted by Crippen LogP contribution is -2.32. The summed E-state index contributed by atoms with van der Waals surface area (Å²) in [5.74, 6) is -0.206. The van der Waals surface area contributed by atoms with Gasteiger partial charge < -0.3 is 5.32 Å². The number of rotatable bonds is 6. The molecule has 0 bridgehead atoms. The highest BCUT2D eigenvalue weighted by molar-refractivity contribution is 7.90. The molecule has 0 spiro atoms. The van der Waals surface area contributed by atoms with E-state index >= 15 is 0 Å². The Kier molecular flexibility index (Phi) is 6.07. The summed E-state index contributed by atoms with van der Waals surface area (Å²) in [4.78, 5) is 26.0. The fraction of sp³-hybridized carbons (Fsp3) is 0.318. The quantitative estimate of drug-likeness (QED) is 0.652. The van der Waals surface area contributed by atoms with Crippen LogP contribution >= 0.6 is 0 Å². The van der Waals surface area contributed by atoms with Crippen molar-refractivity contribution in [2.45, 2.75) is 38.3 Å². The lowest BCUT2D eigenvalue weighted by atomic mass is 10.1. The van der Waals surface area contributed by atoms with Gasteiger partial charge in [-0.25, -0.2) is 13.1 Å². The van der Waals surface area contributed by atoms with Crippen LogP contribution in [0.3, 0.4) is 0 Å². The van der Waals surface area contributed by atoms with Gasteiger partial charge in [0.2, 0.25) is 0 Å². The second-order valence-corrected chi connectivity index (χ2v) is 9.83. The van der Waals surface area contributed by atoms with Crippen LogP contribution in [0.25, 0.3) is 10.8 Å². The van der Waals surface area contributed by atoms with Gasteiger partial charge in [-0.2, -0.15) is 5.10 Å². The number of amides is 1. The number of nitrogens with zero attached hydrogens (tertiary/aromatic N) is 2. The molecule has 0 radical (unpaired) electrons. The van der Waals surface area contributed by atoms with Gasteiger partial charge in [0.25, 0.3) is 11.5 Å². The van der Waals surface area contributed by atoms with Gasteiger partial charge in [0.1, 0.15) is 0 Å². The molecule has 1 heterocycles. The van der Waals surface area contributed by atoms with Gasteiger partial charge in [0, 0.05) is 18.2 Å². The molecular formula is C22H25N3O4S. The Bertz CT molecular complexity index is 1250. The lowest BCUT2D eigenvalue weighted by molar-refractivity contribution is 0.0934. The molecule has 1 aromatic heterocycles. The number of nitrogens with one attached hydrogen (secondary N) is 1. The molecule has 1 atom stereocenters. The Morgan fingerprint density at radius 3 is 2.20 bits per heavy atom. The van der Waals surface area contributed by atoms with Crippen LogP contribution in [0.1, 0.15) is 42.9 Å². The Balaban J connectivity index is 1.94. The number of benzene rings is 2. The predicted molar refractivity (Wildman–Crippen MR) is 116 cm³/mol. The second kappa shape index (κ2) is 8.39. The third-order valence-corrected chi connectivity index (χ3v) is 5.91. The van der Waals surface area contributed by atoms with Crippen molar-refractivity contribution in [3.63, 3.8) is 0 Å². The highest BCUT2D eigenvalue weighted by Gasteiger charge is 2.19. The summed E-state index contributed by atoms with van der Waals surface area (Å²) in [5, 5.41) is 8.19. The Hall–Kier alpha value is -3.00. The van der Waals surface area contributed by atoms with E-state index in [0.29, 0.717) is 17.3 Å². The summed E-state index contributed by atoms with van der Waals surface area (Å²) in [7, 11) is -3.28. The van der Waals surface area contributed by atoms with Crippen molar-refractivity contribution in [1.29, 1.82) is 0 Å². The number of carbonyl (C=O) groups excluding carboxylic acids is 1. The van der Waals surface area contributed by atoms with E-state index in [-0.39, 0.29) is 28.1 Å². The van der Waals surface area contributed by atoms with E-state index in [2.05, 4.69) is 10.4 Å². The first-order valence-electron chi connectivity index (χ1n) is 9.68. The molecule has 1 N–H and O–H groups in total. The summed E-state index contributed by atoms with van der Waals surface area (Å²) in [6.45, 7) is 6.17. The normalized spacial score (nSPS) is 12.8. The molecule has 0 saturated carbocycles. The van der Waals surface area contributed by atoms with Crippen molar-refractivity contribution in [1.82, 2.24) is 15.1 Å². The van der Waals surface area contributed by atoms with Gasteiger partial charge in [-0.05, 0) is 36.6 Å². The number of fused-ring (bicyclic) bond motifs is 1. The maximum absolute atomic E-state index is 13.0. The zero-order valence-electron chi connectivity index (χ0n) is 17.4. The van der Waals surface area contributed by atoms with Gasteiger partial charge in [-0.1, -0.05) is 44.2 Å². The van der Waals surface area contributed by atoms with Crippen molar-refractivity contribution in [3.05, 3.63) is 70.1 Å². The minimum absolute atomic E-state index is 0.186. The Morgan fingerprint density at radius 2 is 1.63 bits per heavy atom. The predicted octanol–water partition coefficient (Wildman–Crippen LogP) is 2.95. The fourth-order valence-corrected chi connectivity index (χ4v) is 3.85. The molecule has 8 heteroatoms. The van der Waals surface area contributed by atoms with Gasteiger partial charge in [-0.15, -0.1) is 0 Å². The first-order valence-corrected chi connectivity index (χ1v) is 11.6. The van der Waals surface area contributed by atoms with Crippen LogP contribution in [-0.2, 0) is 16.4 Å². The highest BCUT2D eigenvalue weighted by atomic mass is 32.2. The van der Waals surface area contributed by atoms with Gasteiger partial charge in [0.15, 0.2) is 15.5 Å². The molecule has 0 aliphatic rings. The smallest absolute Gasteiger partial charge is 0.274 e. The summed E-state index contributed by atoms with van der Waals surface area (Å²) < 4.78 is 24.6.